The van der Waals surface area contributed by atoms with Crippen molar-refractivity contribution >= 4 is 18.3 Å². The number of carbonyl (C=O) groups excluding carboxylic acids is 1. The van der Waals surface area contributed by atoms with Crippen LogP contribution in [-0.2, 0) is 11.2 Å². The van der Waals surface area contributed by atoms with Crippen LogP contribution in [0.15, 0.2) is 24.3 Å². The minimum Gasteiger partial charge on any atom is -0.339 e. The van der Waals surface area contributed by atoms with Crippen LogP contribution in [0.5, 0.6) is 0 Å². The third-order valence-corrected chi connectivity index (χ3v) is 4.00. The molecule has 0 atom stereocenters. The van der Waals surface area contributed by atoms with E-state index in [4.69, 9.17) is 5.73 Å². The van der Waals surface area contributed by atoms with Gasteiger partial charge >= 0.3 is 0 Å². The van der Waals surface area contributed by atoms with Crippen molar-refractivity contribution in [2.45, 2.75) is 44.6 Å². The van der Waals surface area contributed by atoms with Crippen LogP contribution in [0.3, 0.4) is 0 Å². The van der Waals surface area contributed by atoms with Gasteiger partial charge in [0.2, 0.25) is 5.91 Å². The van der Waals surface area contributed by atoms with Crippen LogP contribution in [0.2, 0.25) is 0 Å². The molecule has 0 heterocycles. The van der Waals surface area contributed by atoms with E-state index >= 15 is 0 Å². The lowest BCUT2D eigenvalue weighted by molar-refractivity contribution is -0.133. The highest BCUT2D eigenvalue weighted by atomic mass is 35.5. The molecule has 1 aromatic carbocycles. The highest BCUT2D eigenvalue weighted by molar-refractivity contribution is 5.85. The van der Waals surface area contributed by atoms with E-state index < -0.39 is 0 Å². The summed E-state index contributed by atoms with van der Waals surface area (Å²) in [6.45, 7) is 1.10. The summed E-state index contributed by atoms with van der Waals surface area (Å²) < 4.78 is 12.9. The second-order valence-corrected chi connectivity index (χ2v) is 5.44. The third-order valence-electron chi connectivity index (χ3n) is 4.00. The van der Waals surface area contributed by atoms with Gasteiger partial charge in [0.25, 0.3) is 0 Å². The van der Waals surface area contributed by atoms with E-state index in [0.717, 1.165) is 24.8 Å². The number of hydrogen-bond donors (Lipinski definition) is 1. The highest BCUT2D eigenvalue weighted by Gasteiger charge is 2.25. The Morgan fingerprint density at radius 2 is 1.86 bits per heavy atom. The first-order valence-electron chi connectivity index (χ1n) is 7.44. The molecule has 21 heavy (non-hydrogen) atoms. The quantitative estimate of drug-likeness (QED) is 0.877. The van der Waals surface area contributed by atoms with Gasteiger partial charge in [-0.25, -0.2) is 4.39 Å². The SMILES string of the molecule is Cl.NCCC(=O)N(CCc1ccc(F)cc1)C1CCCC1. The Balaban J connectivity index is 0.00000220. The van der Waals surface area contributed by atoms with Crippen molar-refractivity contribution in [1.82, 2.24) is 4.90 Å². The summed E-state index contributed by atoms with van der Waals surface area (Å²) in [5.74, 6) is -0.0675. The van der Waals surface area contributed by atoms with Gasteiger partial charge in [0.15, 0.2) is 0 Å². The molecule has 3 nitrogen and oxygen atoms in total. The molecule has 0 aliphatic heterocycles. The number of carbonyl (C=O) groups is 1. The third kappa shape index (κ3) is 5.29. The first-order chi connectivity index (χ1) is 9.70. The maximum atomic E-state index is 12.9. The number of nitrogens with zero attached hydrogens (tertiary/aromatic N) is 1. The van der Waals surface area contributed by atoms with Gasteiger partial charge in [0.05, 0.1) is 0 Å². The Hall–Kier alpha value is -1.13. The summed E-state index contributed by atoms with van der Waals surface area (Å²) in [5, 5.41) is 0. The summed E-state index contributed by atoms with van der Waals surface area (Å²) in [5.41, 5.74) is 6.57. The standard InChI is InChI=1S/C16H23FN2O.ClH/c17-14-7-5-13(6-8-14)10-12-19(16(20)9-11-18)15-3-1-2-4-15;/h5-8,15H,1-4,9-12,18H2;1H. The topological polar surface area (TPSA) is 46.3 Å². The number of benzene rings is 1. The molecular formula is C16H24ClFN2O. The molecule has 1 aliphatic carbocycles. The van der Waals surface area contributed by atoms with E-state index in [2.05, 4.69) is 0 Å². The van der Waals surface area contributed by atoms with E-state index in [1.165, 1.54) is 25.0 Å². The molecule has 1 saturated carbocycles. The van der Waals surface area contributed by atoms with Gasteiger partial charge in [-0.1, -0.05) is 25.0 Å². The number of rotatable bonds is 6. The molecule has 1 fully saturated rings. The van der Waals surface area contributed by atoms with Crippen molar-refractivity contribution in [3.63, 3.8) is 0 Å². The van der Waals surface area contributed by atoms with E-state index in [1.54, 1.807) is 12.1 Å². The highest BCUT2D eigenvalue weighted by Crippen LogP contribution is 2.24. The fourth-order valence-electron chi connectivity index (χ4n) is 2.89. The predicted molar refractivity (Wildman–Crippen MR) is 85.0 cm³/mol. The van der Waals surface area contributed by atoms with Crippen molar-refractivity contribution < 1.29 is 9.18 Å². The van der Waals surface area contributed by atoms with Crippen LogP contribution in [0.4, 0.5) is 4.39 Å². The molecule has 2 rings (SSSR count). The number of nitrogens with two attached hydrogens (primary N) is 1. The van der Waals surface area contributed by atoms with Crippen molar-refractivity contribution in [2.24, 2.45) is 5.73 Å². The molecule has 5 heteroatoms. The van der Waals surface area contributed by atoms with Gasteiger partial charge in [-0.05, 0) is 37.0 Å². The van der Waals surface area contributed by atoms with Crippen LogP contribution in [-0.4, -0.2) is 29.9 Å². The molecule has 0 bridgehead atoms. The first-order valence-corrected chi connectivity index (χ1v) is 7.44. The van der Waals surface area contributed by atoms with Gasteiger partial charge < -0.3 is 10.6 Å². The maximum Gasteiger partial charge on any atom is 0.224 e. The molecule has 0 unspecified atom stereocenters. The number of amides is 1. The molecule has 2 N–H and O–H groups in total. The van der Waals surface area contributed by atoms with Crippen LogP contribution < -0.4 is 5.73 Å². The van der Waals surface area contributed by atoms with Crippen molar-refractivity contribution in [2.75, 3.05) is 13.1 Å². The molecule has 1 amide bonds. The Morgan fingerprint density at radius 1 is 1.24 bits per heavy atom. The molecule has 0 aromatic heterocycles. The van der Waals surface area contributed by atoms with E-state index in [0.29, 0.717) is 25.6 Å². The van der Waals surface area contributed by atoms with Gasteiger partial charge in [-0.15, -0.1) is 12.4 Å². The van der Waals surface area contributed by atoms with Crippen molar-refractivity contribution in [3.05, 3.63) is 35.6 Å². The summed E-state index contributed by atoms with van der Waals surface area (Å²) >= 11 is 0. The summed E-state index contributed by atoms with van der Waals surface area (Å²) in [6, 6.07) is 6.88. The normalized spacial score (nSPS) is 14.8. The predicted octanol–water partition coefficient (Wildman–Crippen LogP) is 2.91. The molecule has 0 saturated heterocycles. The van der Waals surface area contributed by atoms with Gasteiger partial charge in [-0.3, -0.25) is 4.79 Å². The molecule has 0 spiro atoms. The second-order valence-electron chi connectivity index (χ2n) is 5.44. The van der Waals surface area contributed by atoms with Crippen LogP contribution >= 0.6 is 12.4 Å². The number of hydrogen-bond acceptors (Lipinski definition) is 2. The Morgan fingerprint density at radius 3 is 2.43 bits per heavy atom. The summed E-state index contributed by atoms with van der Waals surface area (Å²) in [4.78, 5) is 14.2. The Bertz CT molecular complexity index is 432. The summed E-state index contributed by atoms with van der Waals surface area (Å²) in [6.07, 6.45) is 5.79. The monoisotopic (exact) mass is 314 g/mol. The fraction of sp³-hybridized carbons (Fsp3) is 0.562. The van der Waals surface area contributed by atoms with Crippen LogP contribution in [0.1, 0.15) is 37.7 Å². The number of halogens is 2. The van der Waals surface area contributed by atoms with Gasteiger partial charge in [0, 0.05) is 25.6 Å². The second kappa shape index (κ2) is 9.00. The maximum absolute atomic E-state index is 12.9. The molecular weight excluding hydrogens is 291 g/mol. The lowest BCUT2D eigenvalue weighted by Gasteiger charge is -2.29. The fourth-order valence-corrected chi connectivity index (χ4v) is 2.89. The zero-order valence-electron chi connectivity index (χ0n) is 12.3. The van der Waals surface area contributed by atoms with E-state index in [1.807, 2.05) is 4.90 Å². The lowest BCUT2D eigenvalue weighted by atomic mass is 10.1. The molecule has 118 valence electrons. The molecule has 1 aromatic rings. The first kappa shape index (κ1) is 17.9. The van der Waals surface area contributed by atoms with Crippen molar-refractivity contribution in [1.29, 1.82) is 0 Å². The average molecular weight is 315 g/mol. The smallest absolute Gasteiger partial charge is 0.224 e. The largest absolute Gasteiger partial charge is 0.339 e. The minimum absolute atomic E-state index is 0. The van der Waals surface area contributed by atoms with Crippen LogP contribution in [0, 0.1) is 5.82 Å². The molecule has 1 aliphatic rings. The zero-order valence-corrected chi connectivity index (χ0v) is 13.1. The molecule has 0 radical (unpaired) electrons. The van der Waals surface area contributed by atoms with E-state index in [9.17, 15) is 9.18 Å². The van der Waals surface area contributed by atoms with Crippen LogP contribution in [0.25, 0.3) is 0 Å². The van der Waals surface area contributed by atoms with Gasteiger partial charge in [0.1, 0.15) is 5.82 Å². The van der Waals surface area contributed by atoms with Gasteiger partial charge in [-0.2, -0.15) is 0 Å². The van der Waals surface area contributed by atoms with E-state index in [-0.39, 0.29) is 24.1 Å². The Kier molecular flexibility index (Phi) is 7.68. The Labute approximate surface area is 132 Å². The lowest BCUT2D eigenvalue weighted by Crippen LogP contribution is -2.41. The minimum atomic E-state index is -0.222. The summed E-state index contributed by atoms with van der Waals surface area (Å²) in [7, 11) is 0. The zero-order chi connectivity index (χ0) is 14.4. The van der Waals surface area contributed by atoms with Crippen molar-refractivity contribution in [3.8, 4) is 0 Å². The average Bonchev–Trinajstić information content (AvgIpc) is 2.95.